The van der Waals surface area contributed by atoms with Gasteiger partial charge in [0.25, 0.3) is 0 Å². The van der Waals surface area contributed by atoms with Crippen LogP contribution in [0.4, 0.5) is 5.69 Å². The summed E-state index contributed by atoms with van der Waals surface area (Å²) in [6.45, 7) is 0.288. The number of sulfonamides is 1. The van der Waals surface area contributed by atoms with Gasteiger partial charge in [0.15, 0.2) is 0 Å². The summed E-state index contributed by atoms with van der Waals surface area (Å²) in [6, 6.07) is 5.64. The first kappa shape index (κ1) is 16.2. The Kier molecular flexibility index (Phi) is 6.05. The van der Waals surface area contributed by atoms with Crippen LogP contribution in [0.3, 0.4) is 0 Å². The maximum absolute atomic E-state index is 11.3. The molecule has 106 valence electrons. The van der Waals surface area contributed by atoms with Crippen molar-refractivity contribution in [3.63, 3.8) is 0 Å². The fourth-order valence-corrected chi connectivity index (χ4v) is 3.02. The molecule has 1 aromatic carbocycles. The molecule has 0 saturated carbocycles. The van der Waals surface area contributed by atoms with Crippen molar-refractivity contribution in [2.24, 2.45) is 5.73 Å². The van der Waals surface area contributed by atoms with Crippen LogP contribution in [0.25, 0.3) is 0 Å². The van der Waals surface area contributed by atoms with Crippen LogP contribution in [0.1, 0.15) is 5.56 Å². The van der Waals surface area contributed by atoms with Crippen molar-refractivity contribution in [2.45, 2.75) is 4.90 Å². The van der Waals surface area contributed by atoms with Crippen molar-refractivity contribution < 1.29 is 8.42 Å². The Bertz CT molecular complexity index is 558. The van der Waals surface area contributed by atoms with E-state index >= 15 is 0 Å². The van der Waals surface area contributed by atoms with Gasteiger partial charge in [-0.1, -0.05) is 18.3 Å². The van der Waals surface area contributed by atoms with Gasteiger partial charge in [-0.15, -0.1) is 11.8 Å². The van der Waals surface area contributed by atoms with Crippen molar-refractivity contribution >= 4 is 44.7 Å². The lowest BCUT2D eigenvalue weighted by Crippen LogP contribution is -2.26. The summed E-state index contributed by atoms with van der Waals surface area (Å²) in [7, 11) is -1.83. The number of nitrogens with one attached hydrogen (secondary N) is 2. The molecule has 8 heteroatoms. The van der Waals surface area contributed by atoms with Crippen LogP contribution in [0, 0.1) is 0 Å². The molecule has 0 amide bonds. The van der Waals surface area contributed by atoms with Gasteiger partial charge >= 0.3 is 0 Å². The van der Waals surface area contributed by atoms with Gasteiger partial charge in [0.1, 0.15) is 4.99 Å². The first-order chi connectivity index (χ1) is 8.91. The van der Waals surface area contributed by atoms with E-state index in [-0.39, 0.29) is 12.3 Å². The molecule has 0 spiro atoms. The summed E-state index contributed by atoms with van der Waals surface area (Å²) in [5.74, 6) is -0.0101. The lowest BCUT2D eigenvalue weighted by atomic mass is 10.1. The topological polar surface area (TPSA) is 84.2 Å². The van der Waals surface area contributed by atoms with Gasteiger partial charge in [-0.2, -0.15) is 0 Å². The average molecular weight is 319 g/mol. The van der Waals surface area contributed by atoms with Crippen LogP contribution < -0.4 is 15.8 Å². The Hall–Kier alpha value is -0.830. The molecule has 0 aliphatic heterocycles. The molecule has 0 unspecified atom stereocenters. The third-order valence-electron chi connectivity index (χ3n) is 2.49. The summed E-state index contributed by atoms with van der Waals surface area (Å²) in [6.07, 6.45) is 1.94. The third kappa shape index (κ3) is 4.64. The maximum Gasteiger partial charge on any atom is 0.213 e. The maximum atomic E-state index is 11.3. The normalized spacial score (nSPS) is 11.3. The molecule has 1 aromatic rings. The Labute approximate surface area is 123 Å². The Morgan fingerprint density at radius 1 is 1.47 bits per heavy atom. The molecule has 0 fully saturated rings. The predicted octanol–water partition coefficient (Wildman–Crippen LogP) is 1.00. The molecule has 0 aliphatic carbocycles. The molecule has 5 nitrogen and oxygen atoms in total. The zero-order chi connectivity index (χ0) is 14.5. The molecule has 0 radical (unpaired) electrons. The number of hydrogen-bond donors (Lipinski definition) is 3. The predicted molar refractivity (Wildman–Crippen MR) is 85.4 cm³/mol. The molecule has 4 N–H and O–H groups in total. The Morgan fingerprint density at radius 2 is 2.16 bits per heavy atom. The molecule has 0 saturated heterocycles. The van der Waals surface area contributed by atoms with Crippen molar-refractivity contribution in [1.29, 1.82) is 0 Å². The van der Waals surface area contributed by atoms with E-state index in [9.17, 15) is 8.42 Å². The van der Waals surface area contributed by atoms with E-state index in [0.717, 1.165) is 16.1 Å². The van der Waals surface area contributed by atoms with Crippen LogP contribution in [0.15, 0.2) is 23.1 Å². The highest BCUT2D eigenvalue weighted by atomic mass is 32.2. The van der Waals surface area contributed by atoms with E-state index in [1.807, 2.05) is 24.5 Å². The monoisotopic (exact) mass is 319 g/mol. The van der Waals surface area contributed by atoms with Gasteiger partial charge in [-0.25, -0.2) is 13.1 Å². The SMILES string of the molecule is CNS(=O)(=O)CCNc1cccc(SC)c1C(N)=S. The van der Waals surface area contributed by atoms with Crippen LogP contribution in [0.5, 0.6) is 0 Å². The second-order valence-electron chi connectivity index (χ2n) is 3.70. The fraction of sp³-hybridized carbons (Fsp3) is 0.364. The van der Waals surface area contributed by atoms with Crippen LogP contribution in [0.2, 0.25) is 0 Å². The molecular weight excluding hydrogens is 302 g/mol. The third-order valence-corrected chi connectivity index (χ3v) is 4.84. The lowest BCUT2D eigenvalue weighted by Gasteiger charge is -2.14. The largest absolute Gasteiger partial charge is 0.389 e. The molecule has 0 aliphatic rings. The average Bonchev–Trinajstić information content (AvgIpc) is 2.37. The van der Waals surface area contributed by atoms with Crippen molar-refractivity contribution in [1.82, 2.24) is 4.72 Å². The number of benzene rings is 1. The first-order valence-electron chi connectivity index (χ1n) is 5.53. The highest BCUT2D eigenvalue weighted by Crippen LogP contribution is 2.26. The second kappa shape index (κ2) is 7.09. The van der Waals surface area contributed by atoms with E-state index in [1.165, 1.54) is 7.05 Å². The molecule has 0 heterocycles. The number of thiocarbonyl (C=S) groups is 1. The summed E-state index contributed by atoms with van der Waals surface area (Å²) in [5.41, 5.74) is 7.23. The molecule has 0 atom stereocenters. The first-order valence-corrected chi connectivity index (χ1v) is 8.81. The second-order valence-corrected chi connectivity index (χ2v) is 7.03. The molecule has 0 aromatic heterocycles. The number of rotatable bonds is 7. The minimum absolute atomic E-state index is 0.0101. The minimum atomic E-state index is -3.22. The van der Waals surface area contributed by atoms with E-state index in [0.29, 0.717) is 4.99 Å². The summed E-state index contributed by atoms with van der Waals surface area (Å²) in [4.78, 5) is 1.26. The standard InChI is InChI=1S/C11H17N3O2S3/c1-13-19(15,16)7-6-14-8-4-3-5-9(18-2)10(8)11(12)17/h3-5,13-14H,6-7H2,1-2H3,(H2,12,17). The number of nitrogens with two attached hydrogens (primary N) is 1. The number of hydrogen-bond acceptors (Lipinski definition) is 5. The molecule has 0 bridgehead atoms. The fourth-order valence-electron chi connectivity index (χ4n) is 1.52. The van der Waals surface area contributed by atoms with Crippen LogP contribution >= 0.6 is 24.0 Å². The quantitative estimate of drug-likeness (QED) is 0.514. The lowest BCUT2D eigenvalue weighted by molar-refractivity contribution is 0.588. The summed E-state index contributed by atoms with van der Waals surface area (Å²) < 4.78 is 24.9. The van der Waals surface area contributed by atoms with Gasteiger partial charge in [0, 0.05) is 22.7 Å². The van der Waals surface area contributed by atoms with Crippen molar-refractivity contribution in [3.05, 3.63) is 23.8 Å². The minimum Gasteiger partial charge on any atom is -0.389 e. The number of thioether (sulfide) groups is 1. The zero-order valence-electron chi connectivity index (χ0n) is 10.8. The number of anilines is 1. The van der Waals surface area contributed by atoms with E-state index in [2.05, 4.69) is 10.0 Å². The smallest absolute Gasteiger partial charge is 0.213 e. The van der Waals surface area contributed by atoms with Crippen molar-refractivity contribution in [2.75, 3.05) is 30.9 Å². The van der Waals surface area contributed by atoms with Crippen LogP contribution in [-0.2, 0) is 10.0 Å². The van der Waals surface area contributed by atoms with Gasteiger partial charge in [0.05, 0.1) is 5.75 Å². The van der Waals surface area contributed by atoms with E-state index < -0.39 is 10.0 Å². The zero-order valence-corrected chi connectivity index (χ0v) is 13.2. The Morgan fingerprint density at radius 3 is 2.68 bits per heavy atom. The Balaban J connectivity index is 2.87. The van der Waals surface area contributed by atoms with Gasteiger partial charge in [-0.3, -0.25) is 0 Å². The molecule has 19 heavy (non-hydrogen) atoms. The van der Waals surface area contributed by atoms with Gasteiger partial charge < -0.3 is 11.1 Å². The highest BCUT2D eigenvalue weighted by Gasteiger charge is 2.11. The summed E-state index contributed by atoms with van der Waals surface area (Å²) in [5, 5.41) is 3.06. The van der Waals surface area contributed by atoms with Gasteiger partial charge in [0.2, 0.25) is 10.0 Å². The van der Waals surface area contributed by atoms with Gasteiger partial charge in [-0.05, 0) is 25.4 Å². The van der Waals surface area contributed by atoms with Crippen LogP contribution in [-0.4, -0.2) is 39.0 Å². The van der Waals surface area contributed by atoms with Crippen molar-refractivity contribution in [3.8, 4) is 0 Å². The molecule has 1 rings (SSSR count). The summed E-state index contributed by atoms with van der Waals surface area (Å²) >= 11 is 6.59. The highest BCUT2D eigenvalue weighted by molar-refractivity contribution is 7.98. The molecular formula is C11H17N3O2S3. The van der Waals surface area contributed by atoms with E-state index in [1.54, 1.807) is 11.8 Å². The van der Waals surface area contributed by atoms with E-state index in [4.69, 9.17) is 18.0 Å².